The van der Waals surface area contributed by atoms with Crippen LogP contribution in [0, 0.1) is 0 Å². The Labute approximate surface area is 126 Å². The van der Waals surface area contributed by atoms with Crippen molar-refractivity contribution in [1.82, 2.24) is 0 Å². The van der Waals surface area contributed by atoms with Crippen LogP contribution in [0.5, 0.6) is 0 Å². The molecule has 5 heteroatoms. The lowest BCUT2D eigenvalue weighted by molar-refractivity contribution is 0.0974. The second-order valence-electron chi connectivity index (χ2n) is 5.15. The highest BCUT2D eigenvalue weighted by atomic mass is 16.3. The van der Waals surface area contributed by atoms with Crippen molar-refractivity contribution < 1.29 is 24.9 Å². The molecule has 112 valence electrons. The van der Waals surface area contributed by atoms with Crippen molar-refractivity contribution in [3.05, 3.63) is 69.3 Å². The molecule has 0 saturated carbocycles. The van der Waals surface area contributed by atoms with Crippen molar-refractivity contribution in [2.75, 3.05) is 0 Å². The molecule has 0 unspecified atom stereocenters. The summed E-state index contributed by atoms with van der Waals surface area (Å²) in [6.07, 6.45) is 0. The maximum absolute atomic E-state index is 12.8. The summed E-state index contributed by atoms with van der Waals surface area (Å²) < 4.78 is 0. The van der Waals surface area contributed by atoms with Crippen LogP contribution in [0.25, 0.3) is 0 Å². The molecule has 0 aromatic heterocycles. The fraction of sp³-hybridized carbons (Fsp3) is 0.176. The monoisotopic (exact) mass is 298 g/mol. The van der Waals surface area contributed by atoms with Gasteiger partial charge < -0.3 is 15.3 Å². The Balaban J connectivity index is 2.33. The van der Waals surface area contributed by atoms with Crippen molar-refractivity contribution in [1.29, 1.82) is 0 Å². The van der Waals surface area contributed by atoms with Crippen molar-refractivity contribution in [3.8, 4) is 0 Å². The Bertz CT molecular complexity index is 792. The van der Waals surface area contributed by atoms with Gasteiger partial charge in [0.2, 0.25) is 0 Å². The van der Waals surface area contributed by atoms with Crippen LogP contribution in [0.2, 0.25) is 0 Å². The Kier molecular flexibility index (Phi) is 3.62. The average Bonchev–Trinajstić information content (AvgIpc) is 2.57. The number of fused-ring (bicyclic) bond motifs is 2. The third-order valence-corrected chi connectivity index (χ3v) is 3.90. The van der Waals surface area contributed by atoms with Gasteiger partial charge in [0.15, 0.2) is 11.6 Å². The summed E-state index contributed by atoms with van der Waals surface area (Å²) in [7, 11) is 0. The van der Waals surface area contributed by atoms with Crippen molar-refractivity contribution in [2.45, 2.75) is 19.8 Å². The molecule has 1 aliphatic carbocycles. The number of rotatable bonds is 3. The highest BCUT2D eigenvalue weighted by molar-refractivity contribution is 6.29. The van der Waals surface area contributed by atoms with Crippen LogP contribution in [-0.2, 0) is 19.8 Å². The first-order valence-electron chi connectivity index (χ1n) is 6.82. The number of aliphatic hydroxyl groups is 3. The number of carbonyl (C=O) groups excluding carboxylic acids is 2. The van der Waals surface area contributed by atoms with E-state index >= 15 is 0 Å². The lowest BCUT2D eigenvalue weighted by atomic mass is 9.79. The summed E-state index contributed by atoms with van der Waals surface area (Å²) in [5.74, 6) is -0.729. The highest BCUT2D eigenvalue weighted by Gasteiger charge is 2.33. The van der Waals surface area contributed by atoms with Gasteiger partial charge in [-0.25, -0.2) is 0 Å². The van der Waals surface area contributed by atoms with Gasteiger partial charge in [0.25, 0.3) is 0 Å². The number of hydrogen-bond acceptors (Lipinski definition) is 5. The fourth-order valence-electron chi connectivity index (χ4n) is 2.89. The number of hydrogen-bond donors (Lipinski definition) is 3. The molecule has 0 heterocycles. The zero-order valence-corrected chi connectivity index (χ0v) is 11.7. The summed E-state index contributed by atoms with van der Waals surface area (Å²) in [6, 6.07) is 7.74. The molecular weight excluding hydrogens is 284 g/mol. The zero-order valence-electron chi connectivity index (χ0n) is 11.7. The quantitative estimate of drug-likeness (QED) is 0.669. The molecule has 0 atom stereocenters. The van der Waals surface area contributed by atoms with E-state index in [4.69, 9.17) is 0 Å². The van der Waals surface area contributed by atoms with Gasteiger partial charge in [-0.1, -0.05) is 24.3 Å². The Morgan fingerprint density at radius 2 is 1.41 bits per heavy atom. The molecule has 0 bridgehead atoms. The third-order valence-electron chi connectivity index (χ3n) is 3.90. The number of carbonyl (C=O) groups is 2. The highest BCUT2D eigenvalue weighted by Crippen LogP contribution is 2.32. The summed E-state index contributed by atoms with van der Waals surface area (Å²) in [5, 5.41) is 28.2. The van der Waals surface area contributed by atoms with Crippen molar-refractivity contribution >= 4 is 11.6 Å². The second kappa shape index (κ2) is 5.46. The van der Waals surface area contributed by atoms with Crippen LogP contribution in [-0.4, -0.2) is 26.9 Å². The SMILES string of the molecule is O=C1c2cccc(CO)c2C(=O)c2c(CO)cc(CO)cc21. The normalized spacial score (nSPS) is 13.0. The van der Waals surface area contributed by atoms with Gasteiger partial charge in [0.05, 0.1) is 19.8 Å². The minimum Gasteiger partial charge on any atom is -0.392 e. The molecular formula is C17H14O5. The van der Waals surface area contributed by atoms with E-state index in [2.05, 4.69) is 0 Å². The maximum atomic E-state index is 12.8. The molecule has 0 amide bonds. The van der Waals surface area contributed by atoms with Crippen LogP contribution in [0.15, 0.2) is 30.3 Å². The second-order valence-corrected chi connectivity index (χ2v) is 5.15. The molecule has 5 nitrogen and oxygen atoms in total. The van der Waals surface area contributed by atoms with Gasteiger partial charge in [-0.2, -0.15) is 0 Å². The number of benzene rings is 2. The van der Waals surface area contributed by atoms with Crippen LogP contribution < -0.4 is 0 Å². The minimum atomic E-state index is -0.411. The van der Waals surface area contributed by atoms with Gasteiger partial charge in [0.1, 0.15) is 0 Å². The van der Waals surface area contributed by atoms with Gasteiger partial charge in [-0.15, -0.1) is 0 Å². The summed E-state index contributed by atoms with van der Waals surface area (Å²) in [5.41, 5.74) is 1.92. The Morgan fingerprint density at radius 3 is 2.05 bits per heavy atom. The van der Waals surface area contributed by atoms with E-state index in [1.807, 2.05) is 0 Å². The molecule has 0 spiro atoms. The Morgan fingerprint density at radius 1 is 0.727 bits per heavy atom. The zero-order chi connectivity index (χ0) is 15.9. The molecule has 1 aliphatic rings. The van der Waals surface area contributed by atoms with Crippen molar-refractivity contribution in [2.24, 2.45) is 0 Å². The van der Waals surface area contributed by atoms with Gasteiger partial charge in [-0.3, -0.25) is 9.59 Å². The molecule has 2 aromatic rings. The fourth-order valence-corrected chi connectivity index (χ4v) is 2.89. The first-order chi connectivity index (χ1) is 10.6. The number of ketones is 2. The van der Waals surface area contributed by atoms with E-state index in [1.54, 1.807) is 18.2 Å². The smallest absolute Gasteiger partial charge is 0.195 e. The minimum absolute atomic E-state index is 0.151. The molecule has 0 saturated heterocycles. The van der Waals surface area contributed by atoms with Crippen LogP contribution in [0.1, 0.15) is 48.5 Å². The summed E-state index contributed by atoms with van der Waals surface area (Å²) >= 11 is 0. The predicted octanol–water partition coefficient (Wildman–Crippen LogP) is 0.939. The van der Waals surface area contributed by atoms with E-state index in [0.717, 1.165) is 0 Å². The van der Waals surface area contributed by atoms with Crippen LogP contribution in [0.3, 0.4) is 0 Å². The average molecular weight is 298 g/mol. The molecule has 0 fully saturated rings. The van der Waals surface area contributed by atoms with Crippen LogP contribution >= 0.6 is 0 Å². The maximum Gasteiger partial charge on any atom is 0.195 e. The Hall–Kier alpha value is -2.34. The lowest BCUT2D eigenvalue weighted by Crippen LogP contribution is -2.24. The van der Waals surface area contributed by atoms with E-state index in [0.29, 0.717) is 16.7 Å². The molecule has 0 radical (unpaired) electrons. The topological polar surface area (TPSA) is 94.8 Å². The number of aliphatic hydroxyl groups excluding tert-OH is 3. The standard InChI is InChI=1S/C17H14O5/c18-6-9-4-11(8-20)15-13(5-9)16(21)12-3-1-2-10(7-19)14(12)17(15)22/h1-5,18-20H,6-8H2. The van der Waals surface area contributed by atoms with Gasteiger partial charge in [-0.05, 0) is 22.8 Å². The predicted molar refractivity (Wildman–Crippen MR) is 77.5 cm³/mol. The van der Waals surface area contributed by atoms with E-state index in [-0.39, 0.29) is 47.0 Å². The van der Waals surface area contributed by atoms with Crippen LogP contribution in [0.4, 0.5) is 0 Å². The van der Waals surface area contributed by atoms with E-state index in [9.17, 15) is 24.9 Å². The molecule has 3 N–H and O–H groups in total. The van der Waals surface area contributed by atoms with Gasteiger partial charge in [0, 0.05) is 22.3 Å². The largest absolute Gasteiger partial charge is 0.392 e. The first kappa shape index (κ1) is 14.6. The lowest BCUT2D eigenvalue weighted by Gasteiger charge is -2.22. The third kappa shape index (κ3) is 1.99. The van der Waals surface area contributed by atoms with E-state index < -0.39 is 6.61 Å². The molecule has 0 aliphatic heterocycles. The first-order valence-corrected chi connectivity index (χ1v) is 6.82. The molecule has 3 rings (SSSR count). The molecule has 2 aromatic carbocycles. The van der Waals surface area contributed by atoms with Crippen molar-refractivity contribution in [3.63, 3.8) is 0 Å². The van der Waals surface area contributed by atoms with E-state index in [1.165, 1.54) is 12.1 Å². The van der Waals surface area contributed by atoms with Gasteiger partial charge >= 0.3 is 0 Å². The summed E-state index contributed by atoms with van der Waals surface area (Å²) in [4.78, 5) is 25.4. The summed E-state index contributed by atoms with van der Waals surface area (Å²) in [6.45, 7) is -1.04. The molecule has 22 heavy (non-hydrogen) atoms.